The van der Waals surface area contributed by atoms with Crippen molar-refractivity contribution in [2.75, 3.05) is 5.32 Å². The highest BCUT2D eigenvalue weighted by Crippen LogP contribution is 2.47. The number of halogens is 2. The van der Waals surface area contributed by atoms with Crippen molar-refractivity contribution in [3.63, 3.8) is 0 Å². The molecule has 0 aliphatic heterocycles. The first kappa shape index (κ1) is 13.2. The van der Waals surface area contributed by atoms with Gasteiger partial charge in [-0.05, 0) is 49.3 Å². The van der Waals surface area contributed by atoms with Crippen molar-refractivity contribution in [1.29, 1.82) is 0 Å². The van der Waals surface area contributed by atoms with Gasteiger partial charge in [0.1, 0.15) is 0 Å². The molecule has 0 radical (unpaired) electrons. The van der Waals surface area contributed by atoms with Crippen LogP contribution in [0.1, 0.15) is 19.3 Å². The molecule has 0 saturated heterocycles. The molecule has 19 heavy (non-hydrogen) atoms. The first-order valence-electron chi connectivity index (χ1n) is 6.57. The van der Waals surface area contributed by atoms with Crippen LogP contribution >= 0.6 is 23.2 Å². The maximum Gasteiger partial charge on any atom is 0.229 e. The van der Waals surface area contributed by atoms with Crippen LogP contribution in [0.15, 0.2) is 18.2 Å². The summed E-state index contributed by atoms with van der Waals surface area (Å²) in [4.78, 5) is 12.4. The van der Waals surface area contributed by atoms with Crippen molar-refractivity contribution >= 4 is 34.8 Å². The first-order chi connectivity index (χ1) is 9.04. The lowest BCUT2D eigenvalue weighted by molar-refractivity contribution is -0.121. The van der Waals surface area contributed by atoms with Crippen molar-refractivity contribution in [3.05, 3.63) is 28.2 Å². The first-order valence-corrected chi connectivity index (χ1v) is 7.33. The van der Waals surface area contributed by atoms with Crippen molar-refractivity contribution in [2.24, 2.45) is 23.5 Å². The highest BCUT2D eigenvalue weighted by atomic mass is 35.5. The molecule has 1 aromatic rings. The van der Waals surface area contributed by atoms with Crippen molar-refractivity contribution < 1.29 is 4.79 Å². The third kappa shape index (κ3) is 2.47. The van der Waals surface area contributed by atoms with Crippen LogP contribution in [0.25, 0.3) is 0 Å². The van der Waals surface area contributed by atoms with Crippen LogP contribution in [0, 0.1) is 17.8 Å². The van der Waals surface area contributed by atoms with Gasteiger partial charge in [0.2, 0.25) is 5.91 Å². The zero-order valence-electron chi connectivity index (χ0n) is 10.4. The van der Waals surface area contributed by atoms with E-state index in [9.17, 15) is 4.79 Å². The van der Waals surface area contributed by atoms with E-state index in [1.54, 1.807) is 18.2 Å². The Morgan fingerprint density at radius 2 is 1.79 bits per heavy atom. The number of hydrogen-bond donors (Lipinski definition) is 2. The van der Waals surface area contributed by atoms with Gasteiger partial charge in [-0.2, -0.15) is 0 Å². The lowest BCUT2D eigenvalue weighted by Crippen LogP contribution is -2.42. The van der Waals surface area contributed by atoms with E-state index < -0.39 is 0 Å². The Balaban J connectivity index is 1.75. The van der Waals surface area contributed by atoms with Crippen LogP contribution in [-0.4, -0.2) is 11.9 Å². The highest BCUT2D eigenvalue weighted by Gasteiger charge is 2.49. The Hall–Kier alpha value is -0.770. The molecule has 0 spiro atoms. The highest BCUT2D eigenvalue weighted by molar-refractivity contribution is 6.35. The SMILES string of the molecule is NC1C2CCC(C2)C1C(=O)Nc1cc(Cl)cc(Cl)c1. The van der Waals surface area contributed by atoms with Crippen LogP contribution in [0.2, 0.25) is 10.0 Å². The number of nitrogens with two attached hydrogens (primary N) is 1. The van der Waals surface area contributed by atoms with Crippen LogP contribution < -0.4 is 11.1 Å². The molecule has 102 valence electrons. The van der Waals surface area contributed by atoms with E-state index in [0.717, 1.165) is 12.8 Å². The Morgan fingerprint density at radius 1 is 1.16 bits per heavy atom. The summed E-state index contributed by atoms with van der Waals surface area (Å²) in [5, 5.41) is 3.92. The molecule has 3 rings (SSSR count). The lowest BCUT2D eigenvalue weighted by Gasteiger charge is -2.27. The average Bonchev–Trinajstić information content (AvgIpc) is 2.87. The number of anilines is 1. The van der Waals surface area contributed by atoms with Gasteiger partial charge in [0.05, 0.1) is 5.92 Å². The second-order valence-corrected chi connectivity index (χ2v) is 6.46. The van der Waals surface area contributed by atoms with E-state index in [1.807, 2.05) is 0 Å². The molecule has 3 nitrogen and oxygen atoms in total. The van der Waals surface area contributed by atoms with Crippen molar-refractivity contribution in [2.45, 2.75) is 25.3 Å². The third-order valence-electron chi connectivity index (χ3n) is 4.41. The number of benzene rings is 1. The van der Waals surface area contributed by atoms with Gasteiger partial charge in [0, 0.05) is 21.8 Å². The molecular weight excluding hydrogens is 283 g/mol. The largest absolute Gasteiger partial charge is 0.327 e. The summed E-state index contributed by atoms with van der Waals surface area (Å²) in [6, 6.07) is 5.03. The predicted molar refractivity (Wildman–Crippen MR) is 77.4 cm³/mol. The molecule has 0 aromatic heterocycles. The molecule has 2 saturated carbocycles. The van der Waals surface area contributed by atoms with Crippen molar-refractivity contribution in [3.8, 4) is 0 Å². The number of carbonyl (C=O) groups excluding carboxylic acids is 1. The summed E-state index contributed by atoms with van der Waals surface area (Å²) in [5.74, 6) is 0.882. The summed E-state index contributed by atoms with van der Waals surface area (Å²) in [5.41, 5.74) is 6.80. The molecule has 5 heteroatoms. The summed E-state index contributed by atoms with van der Waals surface area (Å²) in [6.07, 6.45) is 3.38. The Morgan fingerprint density at radius 3 is 2.37 bits per heavy atom. The minimum Gasteiger partial charge on any atom is -0.327 e. The second kappa shape index (κ2) is 4.97. The van der Waals surface area contributed by atoms with Gasteiger partial charge in [0.15, 0.2) is 0 Å². The summed E-state index contributed by atoms with van der Waals surface area (Å²) in [6.45, 7) is 0. The molecule has 2 aliphatic rings. The maximum atomic E-state index is 12.4. The monoisotopic (exact) mass is 298 g/mol. The van der Waals surface area contributed by atoms with Gasteiger partial charge < -0.3 is 11.1 Å². The molecule has 2 aliphatic carbocycles. The Bertz CT molecular complexity index is 498. The summed E-state index contributed by atoms with van der Waals surface area (Å²) < 4.78 is 0. The minimum absolute atomic E-state index is 0.00182. The quantitative estimate of drug-likeness (QED) is 0.880. The van der Waals surface area contributed by atoms with Gasteiger partial charge in [0.25, 0.3) is 0 Å². The normalized spacial score (nSPS) is 32.6. The molecule has 4 unspecified atom stereocenters. The fraction of sp³-hybridized carbons (Fsp3) is 0.500. The number of rotatable bonds is 2. The Kier molecular flexibility index (Phi) is 3.46. The van der Waals surface area contributed by atoms with E-state index in [4.69, 9.17) is 28.9 Å². The molecule has 4 atom stereocenters. The van der Waals surface area contributed by atoms with Gasteiger partial charge >= 0.3 is 0 Å². The minimum atomic E-state index is -0.0727. The molecule has 0 heterocycles. The van der Waals surface area contributed by atoms with E-state index in [2.05, 4.69) is 5.32 Å². The van der Waals surface area contributed by atoms with E-state index >= 15 is 0 Å². The van der Waals surface area contributed by atoms with E-state index in [0.29, 0.717) is 27.6 Å². The number of amides is 1. The third-order valence-corrected chi connectivity index (χ3v) is 4.85. The molecular formula is C14H16Cl2N2O. The molecule has 2 fully saturated rings. The number of carbonyl (C=O) groups is 1. The number of fused-ring (bicyclic) bond motifs is 2. The van der Waals surface area contributed by atoms with Gasteiger partial charge in [-0.3, -0.25) is 4.79 Å². The fourth-order valence-corrected chi connectivity index (χ4v) is 4.10. The lowest BCUT2D eigenvalue weighted by atomic mass is 9.84. The van der Waals surface area contributed by atoms with Crippen LogP contribution in [0.3, 0.4) is 0 Å². The number of nitrogens with one attached hydrogen (secondary N) is 1. The van der Waals surface area contributed by atoms with Crippen LogP contribution in [0.4, 0.5) is 5.69 Å². The standard InChI is InChI=1S/C14H16Cl2N2O/c15-9-4-10(16)6-11(5-9)18-14(19)12-7-1-2-8(3-7)13(12)17/h4-8,12-13H,1-3,17H2,(H,18,19). The summed E-state index contributed by atoms with van der Waals surface area (Å²) >= 11 is 11.8. The smallest absolute Gasteiger partial charge is 0.229 e. The van der Waals surface area contributed by atoms with Gasteiger partial charge in [-0.15, -0.1) is 0 Å². The average molecular weight is 299 g/mol. The predicted octanol–water partition coefficient (Wildman–Crippen LogP) is 3.31. The molecule has 2 bridgehead atoms. The maximum absolute atomic E-state index is 12.4. The van der Waals surface area contributed by atoms with Crippen LogP contribution in [-0.2, 0) is 4.79 Å². The van der Waals surface area contributed by atoms with E-state index in [1.165, 1.54) is 6.42 Å². The van der Waals surface area contributed by atoms with E-state index in [-0.39, 0.29) is 17.9 Å². The zero-order valence-corrected chi connectivity index (χ0v) is 11.9. The fourth-order valence-electron chi connectivity index (χ4n) is 3.58. The number of hydrogen-bond acceptors (Lipinski definition) is 2. The molecule has 1 amide bonds. The Labute approximate surface area is 122 Å². The molecule has 3 N–H and O–H groups in total. The van der Waals surface area contributed by atoms with Crippen molar-refractivity contribution in [1.82, 2.24) is 0 Å². The van der Waals surface area contributed by atoms with Crippen LogP contribution in [0.5, 0.6) is 0 Å². The van der Waals surface area contributed by atoms with Gasteiger partial charge in [-0.25, -0.2) is 0 Å². The topological polar surface area (TPSA) is 55.1 Å². The van der Waals surface area contributed by atoms with Gasteiger partial charge in [-0.1, -0.05) is 23.2 Å². The zero-order chi connectivity index (χ0) is 13.6. The summed E-state index contributed by atoms with van der Waals surface area (Å²) in [7, 11) is 0. The second-order valence-electron chi connectivity index (χ2n) is 5.58. The molecule has 1 aromatic carbocycles.